The fraction of sp³-hybridized carbons (Fsp3) is 0.917. The van der Waals surface area contributed by atoms with Crippen molar-refractivity contribution in [2.45, 2.75) is 45.7 Å². The number of aliphatic hydroxyl groups excluding tert-OH is 1. The van der Waals surface area contributed by atoms with Crippen molar-refractivity contribution in [2.75, 3.05) is 18.6 Å². The molecule has 0 heterocycles. The highest BCUT2D eigenvalue weighted by Crippen LogP contribution is 2.21. The molecule has 5 heteroatoms. The van der Waals surface area contributed by atoms with Crippen LogP contribution in [0.5, 0.6) is 0 Å². The normalized spacial score (nSPS) is 15.4. The number of carbonyl (C=O) groups is 1. The molecule has 0 saturated heterocycles. The molecule has 0 fully saturated rings. The van der Waals surface area contributed by atoms with E-state index in [0.29, 0.717) is 12.8 Å². The number of hydrogen-bond donors (Lipinski definition) is 3. The van der Waals surface area contributed by atoms with Crippen LogP contribution in [0.1, 0.15) is 33.6 Å². The molecule has 0 aliphatic carbocycles. The first-order valence-corrected chi connectivity index (χ1v) is 7.38. The fourth-order valence-electron chi connectivity index (χ4n) is 1.51. The van der Waals surface area contributed by atoms with Gasteiger partial charge in [0.05, 0.1) is 6.04 Å². The van der Waals surface area contributed by atoms with Gasteiger partial charge in [-0.25, -0.2) is 0 Å². The maximum Gasteiger partial charge on any atom is 0.237 e. The van der Waals surface area contributed by atoms with Gasteiger partial charge in [0.1, 0.15) is 0 Å². The van der Waals surface area contributed by atoms with Crippen LogP contribution < -0.4 is 11.1 Å². The zero-order valence-electron chi connectivity index (χ0n) is 11.3. The van der Waals surface area contributed by atoms with Gasteiger partial charge in [0.2, 0.25) is 5.91 Å². The van der Waals surface area contributed by atoms with Crippen LogP contribution in [0.2, 0.25) is 0 Å². The third-order valence-corrected chi connectivity index (χ3v) is 3.39. The lowest BCUT2D eigenvalue weighted by atomic mass is 9.84. The Bertz CT molecular complexity index is 229. The van der Waals surface area contributed by atoms with Crippen molar-refractivity contribution < 1.29 is 9.90 Å². The highest BCUT2D eigenvalue weighted by atomic mass is 32.2. The summed E-state index contributed by atoms with van der Waals surface area (Å²) in [4.78, 5) is 11.9. The molecule has 0 aliphatic heterocycles. The second-order valence-corrected chi connectivity index (χ2v) is 6.31. The Labute approximate surface area is 109 Å². The zero-order chi connectivity index (χ0) is 13.5. The van der Waals surface area contributed by atoms with Crippen LogP contribution in [0.3, 0.4) is 0 Å². The maximum absolute atomic E-state index is 11.9. The van der Waals surface area contributed by atoms with Crippen LogP contribution in [-0.2, 0) is 4.79 Å². The van der Waals surface area contributed by atoms with Crippen molar-refractivity contribution in [1.29, 1.82) is 0 Å². The summed E-state index contributed by atoms with van der Waals surface area (Å²) in [6.07, 6.45) is 3.24. The molecule has 17 heavy (non-hydrogen) atoms. The highest BCUT2D eigenvalue weighted by Gasteiger charge is 2.27. The second-order valence-electron chi connectivity index (χ2n) is 5.33. The summed E-state index contributed by atoms with van der Waals surface area (Å²) in [6, 6.07) is -0.494. The molecular formula is C12H26N2O2S. The van der Waals surface area contributed by atoms with Crippen molar-refractivity contribution >= 4 is 17.7 Å². The SMILES string of the molecule is CSCC[C@H](N)C(=O)NC(CCO)C(C)(C)C. The molecule has 0 spiro atoms. The number of aliphatic hydroxyl groups is 1. The van der Waals surface area contributed by atoms with Gasteiger partial charge >= 0.3 is 0 Å². The first kappa shape index (κ1) is 16.7. The molecule has 0 rings (SSSR count). The van der Waals surface area contributed by atoms with E-state index in [4.69, 9.17) is 10.8 Å². The van der Waals surface area contributed by atoms with Crippen LogP contribution in [0.15, 0.2) is 0 Å². The number of carbonyl (C=O) groups excluding carboxylic acids is 1. The summed E-state index contributed by atoms with van der Waals surface area (Å²) in [5.74, 6) is 0.766. The fourth-order valence-corrected chi connectivity index (χ4v) is 2.00. The summed E-state index contributed by atoms with van der Waals surface area (Å²) in [5, 5.41) is 11.9. The van der Waals surface area contributed by atoms with E-state index < -0.39 is 6.04 Å². The van der Waals surface area contributed by atoms with Gasteiger partial charge < -0.3 is 16.2 Å². The van der Waals surface area contributed by atoms with Gasteiger partial charge in [0.15, 0.2) is 0 Å². The van der Waals surface area contributed by atoms with Crippen molar-refractivity contribution in [3.63, 3.8) is 0 Å². The number of nitrogens with one attached hydrogen (secondary N) is 1. The van der Waals surface area contributed by atoms with Crippen LogP contribution in [-0.4, -0.2) is 41.7 Å². The van der Waals surface area contributed by atoms with Gasteiger partial charge in [-0.05, 0) is 30.3 Å². The predicted molar refractivity (Wildman–Crippen MR) is 74.1 cm³/mol. The van der Waals surface area contributed by atoms with Gasteiger partial charge in [-0.3, -0.25) is 4.79 Å². The first-order chi connectivity index (χ1) is 7.82. The lowest BCUT2D eigenvalue weighted by Crippen LogP contribution is -2.50. The van der Waals surface area contributed by atoms with Crippen LogP contribution in [0.4, 0.5) is 0 Å². The largest absolute Gasteiger partial charge is 0.396 e. The third-order valence-electron chi connectivity index (χ3n) is 2.75. The maximum atomic E-state index is 11.9. The minimum Gasteiger partial charge on any atom is -0.396 e. The lowest BCUT2D eigenvalue weighted by molar-refractivity contribution is -0.124. The van der Waals surface area contributed by atoms with Gasteiger partial charge in [-0.2, -0.15) is 11.8 Å². The molecule has 0 bridgehead atoms. The molecule has 102 valence electrons. The molecule has 0 aromatic carbocycles. The number of thioether (sulfide) groups is 1. The van der Waals surface area contributed by atoms with Crippen molar-refractivity contribution in [3.05, 3.63) is 0 Å². The summed E-state index contributed by atoms with van der Waals surface area (Å²) in [7, 11) is 0. The van der Waals surface area contributed by atoms with Crippen molar-refractivity contribution in [3.8, 4) is 0 Å². The zero-order valence-corrected chi connectivity index (χ0v) is 12.1. The Morgan fingerprint density at radius 3 is 2.41 bits per heavy atom. The number of amides is 1. The summed E-state index contributed by atoms with van der Waals surface area (Å²) < 4.78 is 0. The Morgan fingerprint density at radius 1 is 1.41 bits per heavy atom. The van der Waals surface area contributed by atoms with Gasteiger partial charge in [0.25, 0.3) is 0 Å². The van der Waals surface area contributed by atoms with E-state index in [1.54, 1.807) is 11.8 Å². The molecule has 4 N–H and O–H groups in total. The first-order valence-electron chi connectivity index (χ1n) is 5.98. The van der Waals surface area contributed by atoms with Gasteiger partial charge in [-0.1, -0.05) is 20.8 Å². The average molecular weight is 262 g/mol. The second kappa shape index (κ2) is 7.95. The lowest BCUT2D eigenvalue weighted by Gasteiger charge is -2.32. The van der Waals surface area contributed by atoms with E-state index in [1.165, 1.54) is 0 Å². The number of rotatable bonds is 7. The van der Waals surface area contributed by atoms with Crippen LogP contribution in [0.25, 0.3) is 0 Å². The van der Waals surface area contributed by atoms with E-state index >= 15 is 0 Å². The quantitative estimate of drug-likeness (QED) is 0.639. The Morgan fingerprint density at radius 2 is 2.00 bits per heavy atom. The summed E-state index contributed by atoms with van der Waals surface area (Å²) in [5.41, 5.74) is 5.73. The Hall–Kier alpha value is -0.260. The molecule has 0 radical (unpaired) electrons. The van der Waals surface area contributed by atoms with E-state index in [0.717, 1.165) is 5.75 Å². The van der Waals surface area contributed by atoms with Crippen LogP contribution >= 0.6 is 11.8 Å². The highest BCUT2D eigenvalue weighted by molar-refractivity contribution is 7.98. The van der Waals surface area contributed by atoms with E-state index in [2.05, 4.69) is 5.32 Å². The molecule has 0 aromatic rings. The van der Waals surface area contributed by atoms with Crippen molar-refractivity contribution in [1.82, 2.24) is 5.32 Å². The number of nitrogens with two attached hydrogens (primary N) is 1. The van der Waals surface area contributed by atoms with Crippen molar-refractivity contribution in [2.24, 2.45) is 11.1 Å². The van der Waals surface area contributed by atoms with Gasteiger partial charge in [-0.15, -0.1) is 0 Å². The molecule has 0 aliphatic rings. The van der Waals surface area contributed by atoms with E-state index in [-0.39, 0.29) is 24.0 Å². The molecule has 1 unspecified atom stereocenters. The van der Waals surface area contributed by atoms with Crippen LogP contribution in [0, 0.1) is 5.41 Å². The molecule has 4 nitrogen and oxygen atoms in total. The molecule has 0 saturated carbocycles. The molecule has 1 amide bonds. The number of hydrogen-bond acceptors (Lipinski definition) is 4. The molecule has 0 aromatic heterocycles. The predicted octanol–water partition coefficient (Wildman–Crippen LogP) is 0.980. The third kappa shape index (κ3) is 6.91. The smallest absolute Gasteiger partial charge is 0.237 e. The molecular weight excluding hydrogens is 236 g/mol. The Kier molecular flexibility index (Phi) is 7.83. The summed E-state index contributed by atoms with van der Waals surface area (Å²) >= 11 is 1.68. The molecule has 2 atom stereocenters. The summed E-state index contributed by atoms with van der Waals surface area (Å²) in [6.45, 7) is 6.20. The van der Waals surface area contributed by atoms with Gasteiger partial charge in [0, 0.05) is 12.6 Å². The minimum atomic E-state index is -0.453. The average Bonchev–Trinajstić information content (AvgIpc) is 2.23. The standard InChI is InChI=1S/C12H26N2O2S/c1-12(2,3)10(5-7-15)14-11(16)9(13)6-8-17-4/h9-10,15H,5-8,13H2,1-4H3,(H,14,16)/t9-,10?/m0/s1. The van der Waals surface area contributed by atoms with E-state index in [1.807, 2.05) is 27.0 Å². The topological polar surface area (TPSA) is 75.4 Å². The minimum absolute atomic E-state index is 0.0414. The monoisotopic (exact) mass is 262 g/mol. The Balaban J connectivity index is 4.30. The van der Waals surface area contributed by atoms with E-state index in [9.17, 15) is 4.79 Å².